The molecular weight excluding hydrogens is 626 g/mol. The molecule has 0 radical (unpaired) electrons. The molecule has 0 saturated heterocycles. The molecule has 3 heterocycles. The molecule has 2 N–H and O–H groups in total. The normalized spacial score (nSPS) is 18.8. The van der Waals surface area contributed by atoms with Gasteiger partial charge in [-0.3, -0.25) is 9.59 Å². The molecule has 2 saturated carbocycles. The summed E-state index contributed by atoms with van der Waals surface area (Å²) in [5.41, 5.74) is 0.216. The average molecular weight is 654 g/mol. The second-order valence-corrected chi connectivity index (χ2v) is 11.2. The van der Waals surface area contributed by atoms with Gasteiger partial charge in [0, 0.05) is 19.3 Å². The van der Waals surface area contributed by atoms with Crippen LogP contribution in [0, 0.1) is 11.8 Å². The Morgan fingerprint density at radius 3 is 2.33 bits per heavy atom. The summed E-state index contributed by atoms with van der Waals surface area (Å²) >= 11 is 0. The molecule has 0 aromatic carbocycles. The maximum Gasteiger partial charge on any atom is 0.422 e. The van der Waals surface area contributed by atoms with Crippen LogP contribution >= 0.6 is 0 Å². The fourth-order valence-corrected chi connectivity index (χ4v) is 5.24. The largest absolute Gasteiger partial charge is 0.464 e. The Kier molecular flexibility index (Phi) is 8.90. The zero-order valence-electron chi connectivity index (χ0n) is 23.3. The zero-order valence-corrected chi connectivity index (χ0v) is 23.3. The van der Waals surface area contributed by atoms with Gasteiger partial charge in [-0.15, -0.1) is 0 Å². The Hall–Kier alpha value is -4.06. The third kappa shape index (κ3) is 8.56. The maximum absolute atomic E-state index is 14.0. The topological polar surface area (TPSA) is 137 Å². The predicted octanol–water partition coefficient (Wildman–Crippen LogP) is 5.26. The lowest BCUT2D eigenvalue weighted by Crippen LogP contribution is -2.37. The van der Waals surface area contributed by atoms with E-state index in [4.69, 9.17) is 0 Å². The lowest BCUT2D eigenvalue weighted by Gasteiger charge is -2.33. The molecule has 2 aliphatic rings. The van der Waals surface area contributed by atoms with Crippen molar-refractivity contribution in [3.63, 3.8) is 0 Å². The summed E-state index contributed by atoms with van der Waals surface area (Å²) in [6, 6.07) is -0.0660. The standard InChI is InChI=1S/C26H27F8N7O4/c27-24(28)6-3-14(4-7-24)20(38-22(43)21-23(40-45-39-21)44-12-26(32,33)34)16-11-41-17(36-16)9-15(10-35-41)19(13-1-2-13)37-18(42)5-8-25(29,30)31/h9-11,13-14,19-20H,1-8,12H2,(H,37,42)(H,38,43)/t19-,20?/m1/s1. The van der Waals surface area contributed by atoms with Gasteiger partial charge in [-0.2, -0.15) is 31.4 Å². The molecule has 2 atom stereocenters. The highest BCUT2D eigenvalue weighted by Crippen LogP contribution is 2.43. The maximum atomic E-state index is 14.0. The molecule has 0 bridgehead atoms. The average Bonchev–Trinajstić information content (AvgIpc) is 3.52. The zero-order chi connectivity index (χ0) is 32.6. The van der Waals surface area contributed by atoms with Gasteiger partial charge in [0.05, 0.1) is 36.6 Å². The molecule has 2 aliphatic carbocycles. The minimum atomic E-state index is -4.74. The molecule has 0 aliphatic heterocycles. The summed E-state index contributed by atoms with van der Waals surface area (Å²) in [5, 5.41) is 16.0. The van der Waals surface area contributed by atoms with Gasteiger partial charge in [-0.05, 0) is 59.5 Å². The van der Waals surface area contributed by atoms with Gasteiger partial charge in [0.1, 0.15) is 0 Å². The summed E-state index contributed by atoms with van der Waals surface area (Å²) in [7, 11) is 0. The van der Waals surface area contributed by atoms with Crippen LogP contribution in [-0.2, 0) is 4.79 Å². The van der Waals surface area contributed by atoms with Gasteiger partial charge in [0.2, 0.25) is 17.5 Å². The third-order valence-electron chi connectivity index (χ3n) is 7.65. The number of hydrogen-bond acceptors (Lipinski definition) is 8. The van der Waals surface area contributed by atoms with E-state index in [1.54, 1.807) is 6.07 Å². The second-order valence-electron chi connectivity index (χ2n) is 11.2. The van der Waals surface area contributed by atoms with E-state index in [1.165, 1.54) is 16.9 Å². The summed E-state index contributed by atoms with van der Waals surface area (Å²) in [6.07, 6.45) is -7.87. The van der Waals surface area contributed by atoms with E-state index in [-0.39, 0.29) is 30.1 Å². The fraction of sp³-hybridized carbons (Fsp3) is 0.615. The molecule has 2 fully saturated rings. The number of rotatable bonds is 11. The van der Waals surface area contributed by atoms with Crippen LogP contribution in [0.5, 0.6) is 5.88 Å². The van der Waals surface area contributed by atoms with E-state index < -0.39 is 92.0 Å². The van der Waals surface area contributed by atoms with Crippen LogP contribution in [0.2, 0.25) is 0 Å². The van der Waals surface area contributed by atoms with Crippen molar-refractivity contribution in [2.45, 2.75) is 81.7 Å². The second kappa shape index (κ2) is 12.4. The number of aromatic nitrogens is 5. The number of carbonyl (C=O) groups excluding carboxylic acids is 2. The van der Waals surface area contributed by atoms with Crippen molar-refractivity contribution in [3.8, 4) is 5.88 Å². The van der Waals surface area contributed by atoms with Crippen molar-refractivity contribution < 1.29 is 54.1 Å². The molecule has 1 unspecified atom stereocenters. The number of amides is 2. The van der Waals surface area contributed by atoms with Crippen LogP contribution in [0.3, 0.4) is 0 Å². The highest BCUT2D eigenvalue weighted by molar-refractivity contribution is 5.94. The van der Waals surface area contributed by atoms with E-state index in [2.05, 4.69) is 40.4 Å². The number of fused-ring (bicyclic) bond motifs is 1. The Bertz CT molecular complexity index is 1510. The molecule has 2 amide bonds. The SMILES string of the molecule is O=C(CCC(F)(F)F)N[C@@H](c1cnn2cc(C(NC(=O)c3nonc3OCC(F)(F)F)C3CCC(F)(F)CC3)nc2c1)C1CC1. The molecule has 246 valence electrons. The quantitative estimate of drug-likeness (QED) is 0.268. The molecule has 0 spiro atoms. The van der Waals surface area contributed by atoms with Crippen LogP contribution in [-0.4, -0.2) is 61.6 Å². The van der Waals surface area contributed by atoms with E-state index in [0.29, 0.717) is 5.56 Å². The monoisotopic (exact) mass is 653 g/mol. The molecule has 3 aromatic heterocycles. The molecule has 11 nitrogen and oxygen atoms in total. The molecule has 5 rings (SSSR count). The van der Waals surface area contributed by atoms with Gasteiger partial charge in [0.25, 0.3) is 11.8 Å². The fourth-order valence-electron chi connectivity index (χ4n) is 5.24. The number of carbonyl (C=O) groups is 2. The van der Waals surface area contributed by atoms with Crippen LogP contribution in [0.4, 0.5) is 35.1 Å². The lowest BCUT2D eigenvalue weighted by atomic mass is 9.81. The minimum absolute atomic E-state index is 0.0145. The number of nitrogens with zero attached hydrogens (tertiary/aromatic N) is 5. The van der Waals surface area contributed by atoms with E-state index >= 15 is 0 Å². The van der Waals surface area contributed by atoms with Crippen molar-refractivity contribution in [2.24, 2.45) is 11.8 Å². The first-order chi connectivity index (χ1) is 21.1. The van der Waals surface area contributed by atoms with Gasteiger partial charge in [-0.1, -0.05) is 0 Å². The third-order valence-corrected chi connectivity index (χ3v) is 7.65. The number of hydrogen-bond donors (Lipinski definition) is 2. The van der Waals surface area contributed by atoms with E-state index in [0.717, 1.165) is 12.8 Å². The van der Waals surface area contributed by atoms with Crippen molar-refractivity contribution in [2.75, 3.05) is 6.61 Å². The van der Waals surface area contributed by atoms with Crippen LogP contribution in [0.15, 0.2) is 23.1 Å². The Morgan fingerprint density at radius 2 is 1.69 bits per heavy atom. The molecule has 45 heavy (non-hydrogen) atoms. The Labute approximate surface area is 249 Å². The molecule has 19 heteroatoms. The molecule has 3 aromatic rings. The van der Waals surface area contributed by atoms with Crippen molar-refractivity contribution >= 4 is 17.5 Å². The van der Waals surface area contributed by atoms with Crippen molar-refractivity contribution in [3.05, 3.63) is 35.4 Å². The highest BCUT2D eigenvalue weighted by atomic mass is 19.4. The molecular formula is C26H27F8N7O4. The number of halogens is 8. The Balaban J connectivity index is 1.39. The first-order valence-electron chi connectivity index (χ1n) is 14.0. The van der Waals surface area contributed by atoms with Crippen LogP contribution < -0.4 is 15.4 Å². The number of ether oxygens (including phenoxy) is 1. The highest BCUT2D eigenvalue weighted by Gasteiger charge is 2.41. The Morgan fingerprint density at radius 1 is 1.00 bits per heavy atom. The summed E-state index contributed by atoms with van der Waals surface area (Å²) in [4.78, 5) is 29.9. The first kappa shape index (κ1) is 32.3. The number of nitrogens with one attached hydrogen (secondary N) is 2. The predicted molar refractivity (Wildman–Crippen MR) is 135 cm³/mol. The van der Waals surface area contributed by atoms with Crippen molar-refractivity contribution in [1.82, 2.24) is 35.5 Å². The van der Waals surface area contributed by atoms with E-state index in [9.17, 15) is 44.7 Å². The summed E-state index contributed by atoms with van der Waals surface area (Å²) in [5.74, 6) is -6.12. The van der Waals surface area contributed by atoms with Gasteiger partial charge in [0.15, 0.2) is 12.3 Å². The van der Waals surface area contributed by atoms with E-state index in [1.807, 2.05) is 0 Å². The first-order valence-corrected chi connectivity index (χ1v) is 14.0. The minimum Gasteiger partial charge on any atom is -0.464 e. The van der Waals surface area contributed by atoms with Crippen LogP contribution in [0.25, 0.3) is 5.65 Å². The number of alkyl halides is 8. The van der Waals surface area contributed by atoms with Gasteiger partial charge >= 0.3 is 12.4 Å². The van der Waals surface area contributed by atoms with Gasteiger partial charge < -0.3 is 15.4 Å². The summed E-state index contributed by atoms with van der Waals surface area (Å²) in [6.45, 7) is -1.77. The number of imidazole rings is 1. The lowest BCUT2D eigenvalue weighted by molar-refractivity contribution is -0.154. The van der Waals surface area contributed by atoms with Crippen molar-refractivity contribution in [1.29, 1.82) is 0 Å². The van der Waals surface area contributed by atoms with Gasteiger partial charge in [-0.25, -0.2) is 22.9 Å². The van der Waals surface area contributed by atoms with Crippen LogP contribution in [0.1, 0.15) is 85.2 Å². The smallest absolute Gasteiger partial charge is 0.422 e. The summed E-state index contributed by atoms with van der Waals surface area (Å²) < 4.78 is 114.